The first-order chi connectivity index (χ1) is 8.15. The van der Waals surface area contributed by atoms with Gasteiger partial charge in [0, 0.05) is 6.54 Å². The minimum atomic E-state index is -0.860. The summed E-state index contributed by atoms with van der Waals surface area (Å²) >= 11 is 0. The molecule has 0 bridgehead atoms. The van der Waals surface area contributed by atoms with E-state index in [-0.39, 0.29) is 5.97 Å². The molecule has 0 saturated carbocycles. The molecular formula is C12H20N2O3. The van der Waals surface area contributed by atoms with Gasteiger partial charge in [-0.15, -0.1) is 0 Å². The monoisotopic (exact) mass is 240 g/mol. The number of hydrogen-bond donors (Lipinski definition) is 1. The van der Waals surface area contributed by atoms with Gasteiger partial charge in [-0.3, -0.25) is 4.79 Å². The van der Waals surface area contributed by atoms with Crippen LogP contribution in [-0.2, 0) is 16.1 Å². The minimum Gasteiger partial charge on any atom is -0.466 e. The largest absolute Gasteiger partial charge is 0.466 e. The smallest absolute Gasteiger partial charge is 0.311 e. The molecule has 96 valence electrons. The number of rotatable bonds is 6. The van der Waals surface area contributed by atoms with Crippen molar-refractivity contribution >= 4 is 5.97 Å². The second-order valence-electron chi connectivity index (χ2n) is 3.82. The highest BCUT2D eigenvalue weighted by Gasteiger charge is 2.29. The van der Waals surface area contributed by atoms with Crippen molar-refractivity contribution < 1.29 is 14.6 Å². The lowest BCUT2D eigenvalue weighted by Crippen LogP contribution is -2.25. The Hall–Kier alpha value is -1.36. The fraction of sp³-hybridized carbons (Fsp3) is 0.667. The Labute approximate surface area is 101 Å². The molecule has 0 amide bonds. The molecule has 0 fully saturated rings. The summed E-state index contributed by atoms with van der Waals surface area (Å²) in [6, 6.07) is 0. The van der Waals surface area contributed by atoms with Crippen molar-refractivity contribution in [3.63, 3.8) is 0 Å². The lowest BCUT2D eigenvalue weighted by Gasteiger charge is -2.20. The second kappa shape index (κ2) is 6.39. The first kappa shape index (κ1) is 13.7. The summed E-state index contributed by atoms with van der Waals surface area (Å²) in [7, 11) is 0. The number of nitrogens with zero attached hydrogens (tertiary/aromatic N) is 2. The van der Waals surface area contributed by atoms with E-state index in [9.17, 15) is 9.90 Å². The number of carbonyl (C=O) groups is 1. The Morgan fingerprint density at radius 2 is 2.24 bits per heavy atom. The predicted molar refractivity (Wildman–Crippen MR) is 63.3 cm³/mol. The van der Waals surface area contributed by atoms with Gasteiger partial charge in [-0.25, -0.2) is 4.98 Å². The molecule has 5 nitrogen and oxygen atoms in total. The molecule has 1 rings (SSSR count). The maximum atomic E-state index is 11.7. The molecule has 0 spiro atoms. The van der Waals surface area contributed by atoms with E-state index in [0.717, 1.165) is 0 Å². The summed E-state index contributed by atoms with van der Waals surface area (Å²) in [5, 5.41) is 10.2. The third-order valence-corrected chi connectivity index (χ3v) is 2.80. The number of imidazole rings is 1. The zero-order chi connectivity index (χ0) is 12.8. The SMILES string of the molecule is CCOC(=O)C(CC)C(O)c1cncn1CC. The first-order valence-corrected chi connectivity index (χ1v) is 6.00. The van der Waals surface area contributed by atoms with E-state index < -0.39 is 12.0 Å². The highest BCUT2D eigenvalue weighted by Crippen LogP contribution is 2.25. The molecule has 17 heavy (non-hydrogen) atoms. The first-order valence-electron chi connectivity index (χ1n) is 6.00. The molecule has 1 heterocycles. The van der Waals surface area contributed by atoms with Crippen molar-refractivity contribution in [1.82, 2.24) is 9.55 Å². The molecule has 0 radical (unpaired) electrons. The number of aliphatic hydroxyl groups excluding tert-OH is 1. The number of aromatic nitrogens is 2. The number of carbonyl (C=O) groups excluding carboxylic acids is 1. The molecule has 0 aliphatic heterocycles. The predicted octanol–water partition coefficient (Wildman–Crippen LogP) is 1.53. The summed E-state index contributed by atoms with van der Waals surface area (Å²) in [6.07, 6.45) is 2.92. The summed E-state index contributed by atoms with van der Waals surface area (Å²) in [6.45, 7) is 6.62. The average Bonchev–Trinajstić information content (AvgIpc) is 2.78. The normalized spacial score (nSPS) is 14.4. The zero-order valence-electron chi connectivity index (χ0n) is 10.6. The van der Waals surface area contributed by atoms with Gasteiger partial charge in [0.2, 0.25) is 0 Å². The van der Waals surface area contributed by atoms with Crippen LogP contribution in [0.1, 0.15) is 39.0 Å². The molecule has 0 aliphatic carbocycles. The summed E-state index contributed by atoms with van der Waals surface area (Å²) in [5.74, 6) is -0.886. The molecule has 1 aromatic rings. The van der Waals surface area contributed by atoms with Crippen LogP contribution in [0.25, 0.3) is 0 Å². The van der Waals surface area contributed by atoms with Crippen LogP contribution in [0.4, 0.5) is 0 Å². The van der Waals surface area contributed by atoms with Crippen LogP contribution in [0.3, 0.4) is 0 Å². The standard InChI is InChI=1S/C12H20N2O3/c1-4-9(12(16)17-6-3)11(15)10-7-13-8-14(10)5-2/h7-9,11,15H,4-6H2,1-3H3. The van der Waals surface area contributed by atoms with Crippen molar-refractivity contribution in [1.29, 1.82) is 0 Å². The van der Waals surface area contributed by atoms with Gasteiger partial charge >= 0.3 is 5.97 Å². The number of aliphatic hydroxyl groups is 1. The quantitative estimate of drug-likeness (QED) is 0.766. The fourth-order valence-corrected chi connectivity index (χ4v) is 1.82. The fourth-order valence-electron chi connectivity index (χ4n) is 1.82. The maximum absolute atomic E-state index is 11.7. The topological polar surface area (TPSA) is 64.3 Å². The lowest BCUT2D eigenvalue weighted by atomic mass is 9.97. The van der Waals surface area contributed by atoms with Gasteiger partial charge in [0.25, 0.3) is 0 Å². The van der Waals surface area contributed by atoms with E-state index in [1.165, 1.54) is 0 Å². The van der Waals surface area contributed by atoms with Crippen molar-refractivity contribution in [2.45, 2.75) is 39.8 Å². The van der Waals surface area contributed by atoms with Crippen LogP contribution in [0.15, 0.2) is 12.5 Å². The number of esters is 1. The molecule has 1 N–H and O–H groups in total. The molecule has 1 aromatic heterocycles. The molecule has 0 saturated heterocycles. The van der Waals surface area contributed by atoms with Crippen LogP contribution in [0, 0.1) is 5.92 Å². The van der Waals surface area contributed by atoms with Gasteiger partial charge in [0.15, 0.2) is 0 Å². The molecule has 2 atom stereocenters. The van der Waals surface area contributed by atoms with Crippen LogP contribution in [0.5, 0.6) is 0 Å². The van der Waals surface area contributed by atoms with E-state index >= 15 is 0 Å². The van der Waals surface area contributed by atoms with Gasteiger partial charge < -0.3 is 14.4 Å². The van der Waals surface area contributed by atoms with Gasteiger partial charge in [0.1, 0.15) is 6.10 Å². The molecule has 0 aromatic carbocycles. The maximum Gasteiger partial charge on any atom is 0.311 e. The van der Waals surface area contributed by atoms with Crippen LogP contribution < -0.4 is 0 Å². The summed E-state index contributed by atoms with van der Waals surface area (Å²) < 4.78 is 6.78. The van der Waals surface area contributed by atoms with E-state index in [1.807, 2.05) is 18.4 Å². The zero-order valence-corrected chi connectivity index (χ0v) is 10.6. The highest BCUT2D eigenvalue weighted by atomic mass is 16.5. The second-order valence-corrected chi connectivity index (χ2v) is 3.82. The van der Waals surface area contributed by atoms with Gasteiger partial charge in [-0.05, 0) is 20.3 Å². The average molecular weight is 240 g/mol. The summed E-state index contributed by atoms with van der Waals surface area (Å²) in [5.41, 5.74) is 0.660. The van der Waals surface area contributed by atoms with Gasteiger partial charge in [-0.1, -0.05) is 6.92 Å². The van der Waals surface area contributed by atoms with Crippen molar-refractivity contribution in [3.8, 4) is 0 Å². The third kappa shape index (κ3) is 3.06. The molecule has 0 aliphatic rings. The molecular weight excluding hydrogens is 220 g/mol. The van der Waals surface area contributed by atoms with Crippen LogP contribution in [0.2, 0.25) is 0 Å². The number of aryl methyl sites for hydroxylation is 1. The van der Waals surface area contributed by atoms with Gasteiger partial charge in [-0.2, -0.15) is 0 Å². The van der Waals surface area contributed by atoms with E-state index in [2.05, 4.69) is 4.98 Å². The lowest BCUT2D eigenvalue weighted by molar-refractivity contribution is -0.152. The molecule has 5 heteroatoms. The minimum absolute atomic E-state index is 0.328. The van der Waals surface area contributed by atoms with Crippen LogP contribution >= 0.6 is 0 Å². The van der Waals surface area contributed by atoms with Crippen LogP contribution in [-0.4, -0.2) is 27.2 Å². The Balaban J connectivity index is 2.85. The van der Waals surface area contributed by atoms with Crippen molar-refractivity contribution in [3.05, 3.63) is 18.2 Å². The summed E-state index contributed by atoms with van der Waals surface area (Å²) in [4.78, 5) is 15.7. The Morgan fingerprint density at radius 1 is 1.53 bits per heavy atom. The number of hydrogen-bond acceptors (Lipinski definition) is 4. The number of ether oxygens (including phenoxy) is 1. The Kier molecular flexibility index (Phi) is 5.15. The third-order valence-electron chi connectivity index (χ3n) is 2.80. The Morgan fingerprint density at radius 3 is 2.76 bits per heavy atom. The Bertz CT molecular complexity index is 362. The van der Waals surface area contributed by atoms with Crippen molar-refractivity contribution in [2.75, 3.05) is 6.61 Å². The van der Waals surface area contributed by atoms with Crippen molar-refractivity contribution in [2.24, 2.45) is 5.92 Å². The highest BCUT2D eigenvalue weighted by molar-refractivity contribution is 5.73. The molecule has 2 unspecified atom stereocenters. The van der Waals surface area contributed by atoms with E-state index in [1.54, 1.807) is 19.4 Å². The van der Waals surface area contributed by atoms with E-state index in [0.29, 0.717) is 25.3 Å². The van der Waals surface area contributed by atoms with E-state index in [4.69, 9.17) is 4.74 Å². The van der Waals surface area contributed by atoms with Gasteiger partial charge in [0.05, 0.1) is 30.7 Å².